The maximum absolute atomic E-state index is 15.3. The van der Waals surface area contributed by atoms with Gasteiger partial charge in [-0.1, -0.05) is 30.3 Å². The topological polar surface area (TPSA) is 60.2 Å². The lowest BCUT2D eigenvalue weighted by Crippen LogP contribution is -2.37. The molecule has 0 aliphatic carbocycles. The molecule has 3 rings (SSSR count). The van der Waals surface area contributed by atoms with Crippen LogP contribution < -0.4 is 4.90 Å². The fraction of sp³-hybridized carbons (Fsp3) is 0.286. The lowest BCUT2D eigenvalue weighted by molar-refractivity contribution is 0.0576. The van der Waals surface area contributed by atoms with Crippen LogP contribution in [0.2, 0.25) is 0 Å². The number of amides is 1. The Morgan fingerprint density at radius 2 is 1.89 bits per heavy atom. The summed E-state index contributed by atoms with van der Waals surface area (Å²) in [7, 11) is 0. The van der Waals surface area contributed by atoms with Gasteiger partial charge in [0.1, 0.15) is 11.3 Å². The van der Waals surface area contributed by atoms with Gasteiger partial charge in [-0.3, -0.25) is 9.88 Å². The smallest absolute Gasteiger partial charge is 0.415 e. The van der Waals surface area contributed by atoms with Crippen LogP contribution in [0.4, 0.5) is 14.9 Å². The molecule has 0 unspecified atom stereocenters. The van der Waals surface area contributed by atoms with E-state index in [1.807, 2.05) is 30.3 Å². The van der Waals surface area contributed by atoms with Crippen molar-refractivity contribution in [3.05, 3.63) is 72.1 Å². The fourth-order valence-corrected chi connectivity index (χ4v) is 2.77. The number of aryl methyl sites for hydroxylation is 1. The zero-order valence-corrected chi connectivity index (χ0v) is 16.4. The maximum atomic E-state index is 15.3. The molecule has 0 spiro atoms. The number of rotatable bonds is 4. The molecule has 2 aromatic heterocycles. The second-order valence-electron chi connectivity index (χ2n) is 7.40. The molecule has 146 valence electrons. The molecule has 0 bridgehead atoms. The molecule has 0 radical (unpaired) electrons. The van der Waals surface area contributed by atoms with Crippen LogP contribution in [0.3, 0.4) is 0 Å². The Morgan fingerprint density at radius 1 is 1.18 bits per heavy atom. The highest BCUT2D eigenvalue weighted by Gasteiger charge is 2.30. The number of pyridine rings is 1. The lowest BCUT2D eigenvalue weighted by atomic mass is 10.2. The van der Waals surface area contributed by atoms with E-state index in [2.05, 4.69) is 10.1 Å². The van der Waals surface area contributed by atoms with Gasteiger partial charge in [0.15, 0.2) is 0 Å². The van der Waals surface area contributed by atoms with Gasteiger partial charge >= 0.3 is 6.09 Å². The summed E-state index contributed by atoms with van der Waals surface area (Å²) in [5, 5.41) is 4.27. The van der Waals surface area contributed by atoms with E-state index in [9.17, 15) is 4.79 Å². The molecule has 2 heterocycles. The number of aromatic nitrogens is 3. The standard InChI is InChI=1S/C21H23FN4O2/c1-15-18(19(22)26(24-15)17-11-8-12-23-13-17)25(20(27)28-21(2,3)4)14-16-9-6-5-7-10-16/h5-13H,14H2,1-4H3. The first-order valence-corrected chi connectivity index (χ1v) is 8.96. The molecule has 3 aromatic rings. The molecule has 1 amide bonds. The van der Waals surface area contributed by atoms with E-state index in [0.29, 0.717) is 11.4 Å². The minimum absolute atomic E-state index is 0.0851. The second kappa shape index (κ2) is 7.80. The van der Waals surface area contributed by atoms with Gasteiger partial charge in [0.25, 0.3) is 0 Å². The van der Waals surface area contributed by atoms with Crippen LogP contribution >= 0.6 is 0 Å². The number of benzene rings is 1. The van der Waals surface area contributed by atoms with Crippen molar-refractivity contribution in [1.82, 2.24) is 14.8 Å². The zero-order valence-electron chi connectivity index (χ0n) is 16.4. The molecule has 0 N–H and O–H groups in total. The summed E-state index contributed by atoms with van der Waals surface area (Å²) < 4.78 is 22.0. The van der Waals surface area contributed by atoms with Crippen LogP contribution in [-0.2, 0) is 11.3 Å². The molecule has 0 atom stereocenters. The van der Waals surface area contributed by atoms with Gasteiger partial charge in [-0.2, -0.15) is 9.49 Å². The van der Waals surface area contributed by atoms with Crippen molar-refractivity contribution < 1.29 is 13.9 Å². The number of anilines is 1. The summed E-state index contributed by atoms with van der Waals surface area (Å²) in [6.45, 7) is 7.13. The van der Waals surface area contributed by atoms with Gasteiger partial charge in [-0.05, 0) is 45.4 Å². The van der Waals surface area contributed by atoms with E-state index in [1.54, 1.807) is 46.0 Å². The predicted octanol–water partition coefficient (Wildman–Crippen LogP) is 4.66. The third-order valence-corrected chi connectivity index (χ3v) is 3.93. The average molecular weight is 382 g/mol. The van der Waals surface area contributed by atoms with E-state index in [-0.39, 0.29) is 12.2 Å². The minimum atomic E-state index is -0.713. The summed E-state index contributed by atoms with van der Waals surface area (Å²) in [4.78, 5) is 18.2. The summed E-state index contributed by atoms with van der Waals surface area (Å²) in [5.74, 6) is -0.646. The van der Waals surface area contributed by atoms with Crippen molar-refractivity contribution in [2.45, 2.75) is 39.8 Å². The maximum Gasteiger partial charge on any atom is 0.415 e. The third-order valence-electron chi connectivity index (χ3n) is 3.93. The largest absolute Gasteiger partial charge is 0.443 e. The van der Waals surface area contributed by atoms with E-state index >= 15 is 4.39 Å². The zero-order chi connectivity index (χ0) is 20.3. The number of carbonyl (C=O) groups is 1. The van der Waals surface area contributed by atoms with Gasteiger partial charge in [-0.25, -0.2) is 9.48 Å². The fourth-order valence-electron chi connectivity index (χ4n) is 2.77. The molecular weight excluding hydrogens is 359 g/mol. The number of halogens is 1. The lowest BCUT2D eigenvalue weighted by Gasteiger charge is -2.27. The van der Waals surface area contributed by atoms with Gasteiger partial charge in [0, 0.05) is 6.20 Å². The Hall–Kier alpha value is -3.22. The first-order chi connectivity index (χ1) is 13.3. The molecule has 0 saturated heterocycles. The van der Waals surface area contributed by atoms with Crippen LogP contribution in [0.25, 0.3) is 5.69 Å². The van der Waals surface area contributed by atoms with E-state index in [1.165, 1.54) is 11.1 Å². The van der Waals surface area contributed by atoms with Crippen molar-refractivity contribution in [3.63, 3.8) is 0 Å². The Bertz CT molecular complexity index is 950. The Labute approximate surface area is 163 Å². The highest BCUT2D eigenvalue weighted by atomic mass is 19.1. The molecule has 0 saturated carbocycles. The summed E-state index contributed by atoms with van der Waals surface area (Å²) in [6, 6.07) is 12.7. The number of carbonyl (C=O) groups excluding carboxylic acids is 1. The molecular formula is C21H23FN4O2. The average Bonchev–Trinajstić information content (AvgIpc) is 2.94. The van der Waals surface area contributed by atoms with Crippen molar-refractivity contribution in [3.8, 4) is 5.69 Å². The quantitative estimate of drug-likeness (QED) is 0.659. The van der Waals surface area contributed by atoms with Crippen LogP contribution in [0.5, 0.6) is 0 Å². The number of hydrogen-bond donors (Lipinski definition) is 0. The van der Waals surface area contributed by atoms with Crippen LogP contribution in [0.15, 0.2) is 54.9 Å². The van der Waals surface area contributed by atoms with Gasteiger partial charge in [0.05, 0.1) is 24.1 Å². The third kappa shape index (κ3) is 4.36. The van der Waals surface area contributed by atoms with Crippen LogP contribution in [0.1, 0.15) is 32.0 Å². The normalized spacial score (nSPS) is 11.3. The SMILES string of the molecule is Cc1nn(-c2cccnc2)c(F)c1N(Cc1ccccc1)C(=O)OC(C)(C)C. The molecule has 0 aliphatic rings. The predicted molar refractivity (Wildman–Crippen MR) is 105 cm³/mol. The van der Waals surface area contributed by atoms with E-state index in [0.717, 1.165) is 10.2 Å². The highest BCUT2D eigenvalue weighted by Crippen LogP contribution is 2.29. The molecule has 6 nitrogen and oxygen atoms in total. The van der Waals surface area contributed by atoms with Crippen LogP contribution in [-0.4, -0.2) is 26.5 Å². The first kappa shape index (κ1) is 19.5. The molecule has 1 aromatic carbocycles. The van der Waals surface area contributed by atoms with Crippen molar-refractivity contribution in [2.24, 2.45) is 0 Å². The summed E-state index contributed by atoms with van der Waals surface area (Å²) in [6.07, 6.45) is 2.47. The Balaban J connectivity index is 2.05. The highest BCUT2D eigenvalue weighted by molar-refractivity contribution is 5.88. The van der Waals surface area contributed by atoms with Crippen molar-refractivity contribution in [2.75, 3.05) is 4.90 Å². The number of hydrogen-bond acceptors (Lipinski definition) is 4. The first-order valence-electron chi connectivity index (χ1n) is 8.96. The molecule has 0 fully saturated rings. The van der Waals surface area contributed by atoms with Gasteiger partial charge in [0.2, 0.25) is 5.95 Å². The number of ether oxygens (including phenoxy) is 1. The van der Waals surface area contributed by atoms with Crippen LogP contribution in [0, 0.1) is 12.9 Å². The Morgan fingerprint density at radius 3 is 2.50 bits per heavy atom. The van der Waals surface area contributed by atoms with Crippen molar-refractivity contribution in [1.29, 1.82) is 0 Å². The van der Waals surface area contributed by atoms with Crippen molar-refractivity contribution >= 4 is 11.8 Å². The monoisotopic (exact) mass is 382 g/mol. The Kier molecular flexibility index (Phi) is 5.44. The summed E-state index contributed by atoms with van der Waals surface area (Å²) in [5.41, 5.74) is 1.07. The second-order valence-corrected chi connectivity index (χ2v) is 7.40. The molecule has 28 heavy (non-hydrogen) atoms. The molecule has 7 heteroatoms. The van der Waals surface area contributed by atoms with E-state index in [4.69, 9.17) is 4.74 Å². The van der Waals surface area contributed by atoms with Gasteiger partial charge in [-0.15, -0.1) is 0 Å². The minimum Gasteiger partial charge on any atom is -0.443 e. The number of nitrogens with zero attached hydrogens (tertiary/aromatic N) is 4. The van der Waals surface area contributed by atoms with Gasteiger partial charge < -0.3 is 4.74 Å². The van der Waals surface area contributed by atoms with E-state index < -0.39 is 17.6 Å². The molecule has 0 aliphatic heterocycles. The summed E-state index contributed by atoms with van der Waals surface area (Å²) >= 11 is 0.